The number of ether oxygens (including phenoxy) is 1. The quantitative estimate of drug-likeness (QED) is 0.598. The van der Waals surface area contributed by atoms with Gasteiger partial charge >= 0.3 is 0 Å². The molecular weight excluding hydrogens is 208 g/mol. The molecule has 5 heteroatoms. The molecule has 1 amide bonds. The van der Waals surface area contributed by atoms with Crippen LogP contribution in [-0.4, -0.2) is 22.7 Å². The van der Waals surface area contributed by atoms with Gasteiger partial charge in [0.15, 0.2) is 6.61 Å². The molecule has 0 aliphatic carbocycles. The van der Waals surface area contributed by atoms with Gasteiger partial charge in [-0.25, -0.2) is 5.48 Å². The second kappa shape index (κ2) is 4.59. The average molecular weight is 218 g/mol. The Bertz CT molecular complexity index is 513. The molecule has 1 aromatic carbocycles. The lowest BCUT2D eigenvalue weighted by Gasteiger charge is -2.05. The van der Waals surface area contributed by atoms with Crippen LogP contribution in [0.1, 0.15) is 0 Å². The molecule has 0 bridgehead atoms. The predicted octanol–water partition coefficient (Wildman–Crippen LogP) is 1.12. The maximum Gasteiger partial charge on any atom is 0.281 e. The molecule has 0 unspecified atom stereocenters. The molecule has 2 N–H and O–H groups in total. The van der Waals surface area contributed by atoms with Gasteiger partial charge in [0.25, 0.3) is 5.91 Å². The third-order valence-corrected chi connectivity index (χ3v) is 2.11. The predicted molar refractivity (Wildman–Crippen MR) is 57.2 cm³/mol. The van der Waals surface area contributed by atoms with E-state index in [9.17, 15) is 4.79 Å². The fourth-order valence-electron chi connectivity index (χ4n) is 1.33. The third-order valence-electron chi connectivity index (χ3n) is 2.11. The van der Waals surface area contributed by atoms with E-state index in [-0.39, 0.29) is 6.61 Å². The number of hydroxylamine groups is 1. The summed E-state index contributed by atoms with van der Waals surface area (Å²) in [4.78, 5) is 14.7. The number of hydrogen-bond donors (Lipinski definition) is 2. The first-order valence-corrected chi connectivity index (χ1v) is 4.69. The zero-order chi connectivity index (χ0) is 11.4. The van der Waals surface area contributed by atoms with E-state index < -0.39 is 5.91 Å². The summed E-state index contributed by atoms with van der Waals surface area (Å²) in [6, 6.07) is 7.31. The van der Waals surface area contributed by atoms with Crippen molar-refractivity contribution in [1.29, 1.82) is 0 Å². The summed E-state index contributed by atoms with van der Waals surface area (Å²) in [7, 11) is 0. The Labute approximate surface area is 91.6 Å². The molecule has 5 nitrogen and oxygen atoms in total. The fraction of sp³-hybridized carbons (Fsp3) is 0.0909. The molecule has 16 heavy (non-hydrogen) atoms. The number of hydrogen-bond acceptors (Lipinski definition) is 4. The van der Waals surface area contributed by atoms with E-state index >= 15 is 0 Å². The highest BCUT2D eigenvalue weighted by molar-refractivity contribution is 5.83. The highest BCUT2D eigenvalue weighted by atomic mass is 16.5. The number of aromatic nitrogens is 1. The maximum absolute atomic E-state index is 10.8. The summed E-state index contributed by atoms with van der Waals surface area (Å²) in [5, 5.41) is 10.3. The van der Waals surface area contributed by atoms with Crippen LogP contribution in [-0.2, 0) is 4.79 Å². The van der Waals surface area contributed by atoms with E-state index in [4.69, 9.17) is 9.94 Å². The molecule has 1 heterocycles. The summed E-state index contributed by atoms with van der Waals surface area (Å²) in [5.74, 6) is -0.0321. The van der Waals surface area contributed by atoms with E-state index in [1.165, 1.54) is 5.48 Å². The van der Waals surface area contributed by atoms with Gasteiger partial charge in [0.05, 0.1) is 0 Å². The summed E-state index contributed by atoms with van der Waals surface area (Å²) in [5.41, 5.74) is 1.50. The Hall–Kier alpha value is -2.14. The van der Waals surface area contributed by atoms with Crippen molar-refractivity contribution < 1.29 is 14.7 Å². The van der Waals surface area contributed by atoms with Gasteiger partial charge < -0.3 is 4.74 Å². The highest BCUT2D eigenvalue weighted by Crippen LogP contribution is 2.19. The van der Waals surface area contributed by atoms with Crippen molar-refractivity contribution in [2.24, 2.45) is 0 Å². The minimum Gasteiger partial charge on any atom is -0.484 e. The molecule has 0 aliphatic rings. The molecule has 0 radical (unpaired) electrons. The van der Waals surface area contributed by atoms with Crippen LogP contribution in [0.3, 0.4) is 0 Å². The van der Waals surface area contributed by atoms with Gasteiger partial charge in [0.2, 0.25) is 0 Å². The SMILES string of the molecule is O=C(COc1ccc2ccncc2c1)NO. The lowest BCUT2D eigenvalue weighted by atomic mass is 10.2. The van der Waals surface area contributed by atoms with Crippen molar-refractivity contribution in [3.05, 3.63) is 36.7 Å². The van der Waals surface area contributed by atoms with Crippen molar-refractivity contribution >= 4 is 16.7 Å². The first-order chi connectivity index (χ1) is 7.79. The zero-order valence-corrected chi connectivity index (χ0v) is 8.38. The number of fused-ring (bicyclic) bond motifs is 1. The van der Waals surface area contributed by atoms with Crippen LogP contribution in [0.25, 0.3) is 10.8 Å². The number of carbonyl (C=O) groups excluding carboxylic acids is 1. The van der Waals surface area contributed by atoms with E-state index in [0.717, 1.165) is 10.8 Å². The smallest absolute Gasteiger partial charge is 0.281 e. The molecule has 0 spiro atoms. The molecule has 2 aromatic rings. The Morgan fingerprint density at radius 2 is 2.25 bits per heavy atom. The van der Waals surface area contributed by atoms with Gasteiger partial charge in [-0.05, 0) is 23.6 Å². The molecule has 0 saturated heterocycles. The maximum atomic E-state index is 10.8. The lowest BCUT2D eigenvalue weighted by molar-refractivity contribution is -0.131. The number of nitrogens with zero attached hydrogens (tertiary/aromatic N) is 1. The standard InChI is InChI=1S/C11H10N2O3/c14-11(13-15)7-16-10-2-1-8-3-4-12-6-9(8)5-10/h1-6,15H,7H2,(H,13,14). The second-order valence-corrected chi connectivity index (χ2v) is 3.21. The Kier molecular flexibility index (Phi) is 2.98. The minimum absolute atomic E-state index is 0.220. The monoisotopic (exact) mass is 218 g/mol. The van der Waals surface area contributed by atoms with E-state index in [1.54, 1.807) is 24.5 Å². The molecule has 2 rings (SSSR count). The van der Waals surface area contributed by atoms with Gasteiger partial charge in [0.1, 0.15) is 5.75 Å². The average Bonchev–Trinajstić information content (AvgIpc) is 2.35. The highest BCUT2D eigenvalue weighted by Gasteiger charge is 2.01. The van der Waals surface area contributed by atoms with Crippen LogP contribution in [0, 0.1) is 0 Å². The molecule has 1 aromatic heterocycles. The topological polar surface area (TPSA) is 71.5 Å². The molecule has 0 aliphatic heterocycles. The van der Waals surface area contributed by atoms with E-state index in [1.807, 2.05) is 12.1 Å². The Morgan fingerprint density at radius 3 is 3.06 bits per heavy atom. The molecule has 0 fully saturated rings. The molecule has 82 valence electrons. The van der Waals surface area contributed by atoms with Crippen LogP contribution in [0.4, 0.5) is 0 Å². The van der Waals surface area contributed by atoms with Crippen LogP contribution < -0.4 is 10.2 Å². The number of carbonyl (C=O) groups is 1. The fourth-order valence-corrected chi connectivity index (χ4v) is 1.33. The van der Waals surface area contributed by atoms with Crippen molar-refractivity contribution in [3.8, 4) is 5.75 Å². The van der Waals surface area contributed by atoms with Crippen LogP contribution in [0.15, 0.2) is 36.7 Å². The Balaban J connectivity index is 2.16. The molecular formula is C11H10N2O3. The molecule has 0 saturated carbocycles. The minimum atomic E-state index is -0.591. The molecule has 0 atom stereocenters. The Morgan fingerprint density at radius 1 is 1.38 bits per heavy atom. The number of rotatable bonds is 3. The van der Waals surface area contributed by atoms with Crippen LogP contribution >= 0.6 is 0 Å². The first-order valence-electron chi connectivity index (χ1n) is 4.69. The van der Waals surface area contributed by atoms with Crippen LogP contribution in [0.2, 0.25) is 0 Å². The van der Waals surface area contributed by atoms with E-state index in [2.05, 4.69) is 4.98 Å². The van der Waals surface area contributed by atoms with Gasteiger partial charge in [-0.2, -0.15) is 0 Å². The van der Waals surface area contributed by atoms with Gasteiger partial charge in [0, 0.05) is 17.8 Å². The van der Waals surface area contributed by atoms with Crippen molar-refractivity contribution in [2.45, 2.75) is 0 Å². The van der Waals surface area contributed by atoms with Crippen molar-refractivity contribution in [3.63, 3.8) is 0 Å². The first kappa shape index (κ1) is 10.4. The normalized spacial score (nSPS) is 10.1. The van der Waals surface area contributed by atoms with Gasteiger partial charge in [-0.3, -0.25) is 15.0 Å². The summed E-state index contributed by atoms with van der Waals surface area (Å²) in [6.45, 7) is -0.220. The second-order valence-electron chi connectivity index (χ2n) is 3.21. The van der Waals surface area contributed by atoms with Crippen LogP contribution in [0.5, 0.6) is 5.75 Å². The largest absolute Gasteiger partial charge is 0.484 e. The van der Waals surface area contributed by atoms with Gasteiger partial charge in [-0.15, -0.1) is 0 Å². The number of benzene rings is 1. The van der Waals surface area contributed by atoms with Gasteiger partial charge in [-0.1, -0.05) is 6.07 Å². The summed E-state index contributed by atoms with van der Waals surface area (Å²) < 4.78 is 5.17. The lowest BCUT2D eigenvalue weighted by Crippen LogP contribution is -2.25. The summed E-state index contributed by atoms with van der Waals surface area (Å²) >= 11 is 0. The van der Waals surface area contributed by atoms with E-state index in [0.29, 0.717) is 5.75 Å². The van der Waals surface area contributed by atoms with Crippen molar-refractivity contribution in [2.75, 3.05) is 6.61 Å². The third kappa shape index (κ3) is 2.26. The number of nitrogens with one attached hydrogen (secondary N) is 1. The summed E-state index contributed by atoms with van der Waals surface area (Å²) in [6.07, 6.45) is 3.43. The zero-order valence-electron chi connectivity index (χ0n) is 8.38. The van der Waals surface area contributed by atoms with Crippen molar-refractivity contribution in [1.82, 2.24) is 10.5 Å². The number of pyridine rings is 1. The number of amides is 1.